The van der Waals surface area contributed by atoms with Gasteiger partial charge in [0.15, 0.2) is 11.3 Å². The lowest BCUT2D eigenvalue weighted by atomic mass is 10.00. The Kier molecular flexibility index (Phi) is 19.2. The second kappa shape index (κ2) is 22.5. The number of aromatic nitrogens is 1. The van der Waals surface area contributed by atoms with Crippen LogP contribution >= 0.6 is 0 Å². The molecule has 0 bridgehead atoms. The molecule has 1 aliphatic heterocycles. The average molecular weight is 686 g/mol. The van der Waals surface area contributed by atoms with Crippen molar-refractivity contribution in [1.29, 1.82) is 0 Å². The van der Waals surface area contributed by atoms with Crippen molar-refractivity contribution in [2.75, 3.05) is 39.5 Å². The molecule has 0 atom stereocenters. The number of nitrogens with two attached hydrogens (primary N) is 1. The van der Waals surface area contributed by atoms with Crippen molar-refractivity contribution in [1.82, 2.24) is 15.6 Å². The lowest BCUT2D eigenvalue weighted by Gasteiger charge is -2.16. The first-order valence-corrected chi connectivity index (χ1v) is 18.3. The van der Waals surface area contributed by atoms with Gasteiger partial charge in [0.2, 0.25) is 5.43 Å². The molecule has 1 aromatic carbocycles. The molecule has 0 saturated carbocycles. The third-order valence-electron chi connectivity index (χ3n) is 9.01. The SMILES string of the molecule is CCCCCCCCCCCCCCCCCCNC(=O)c1cccc2oc3c(C)c(=O)c(N)c(C(=O)NCCC[NH+](C)C)c-3nc12.[Cl-]. The molecule has 2 amide bonds. The van der Waals surface area contributed by atoms with Crippen LogP contribution in [0, 0.1) is 6.92 Å². The maximum absolute atomic E-state index is 13.2. The number of nitrogen functional groups attached to an aromatic ring is 1. The molecule has 48 heavy (non-hydrogen) atoms. The fourth-order valence-corrected chi connectivity index (χ4v) is 6.13. The monoisotopic (exact) mass is 685 g/mol. The van der Waals surface area contributed by atoms with Crippen LogP contribution in [0.25, 0.3) is 22.6 Å². The second-order valence-corrected chi connectivity index (χ2v) is 13.4. The van der Waals surface area contributed by atoms with Gasteiger partial charge in [-0.3, -0.25) is 14.4 Å². The fraction of sp³-hybridized carbons (Fsp3) is 0.632. The van der Waals surface area contributed by atoms with Crippen LogP contribution in [0.2, 0.25) is 0 Å². The van der Waals surface area contributed by atoms with Crippen molar-refractivity contribution in [3.05, 3.63) is 45.1 Å². The molecule has 0 aromatic heterocycles. The summed E-state index contributed by atoms with van der Waals surface area (Å²) in [7, 11) is 4.09. The maximum Gasteiger partial charge on any atom is 0.255 e. The molecule has 0 saturated heterocycles. The molecule has 0 fully saturated rings. The van der Waals surface area contributed by atoms with Gasteiger partial charge in [-0.15, -0.1) is 0 Å². The number of carbonyl (C=O) groups excluding carboxylic acids is 2. The van der Waals surface area contributed by atoms with E-state index in [4.69, 9.17) is 15.1 Å². The maximum atomic E-state index is 13.2. The van der Waals surface area contributed by atoms with Gasteiger partial charge in [-0.25, -0.2) is 4.98 Å². The van der Waals surface area contributed by atoms with E-state index in [1.54, 1.807) is 25.1 Å². The molecule has 0 spiro atoms. The van der Waals surface area contributed by atoms with Gasteiger partial charge in [-0.05, 0) is 25.5 Å². The van der Waals surface area contributed by atoms with Gasteiger partial charge in [0.05, 0.1) is 37.5 Å². The Balaban J connectivity index is 0.00000800. The molecular weight excluding hydrogens is 626 g/mol. The molecule has 10 heteroatoms. The van der Waals surface area contributed by atoms with Crippen LogP contribution < -0.4 is 39.1 Å². The van der Waals surface area contributed by atoms with Crippen molar-refractivity contribution >= 4 is 28.6 Å². The molecular formula is C38H60ClN5O4. The summed E-state index contributed by atoms with van der Waals surface area (Å²) in [5.41, 5.74) is 7.04. The second-order valence-electron chi connectivity index (χ2n) is 13.4. The minimum Gasteiger partial charge on any atom is -1.00 e. The van der Waals surface area contributed by atoms with Crippen LogP contribution in [0.1, 0.15) is 142 Å². The van der Waals surface area contributed by atoms with E-state index in [2.05, 4.69) is 17.6 Å². The van der Waals surface area contributed by atoms with Gasteiger partial charge in [-0.1, -0.05) is 109 Å². The number of halogens is 1. The predicted octanol–water partition coefficient (Wildman–Crippen LogP) is 3.44. The molecule has 0 radical (unpaired) electrons. The van der Waals surface area contributed by atoms with Gasteiger partial charge in [-0.2, -0.15) is 0 Å². The van der Waals surface area contributed by atoms with Gasteiger partial charge in [0.25, 0.3) is 11.8 Å². The summed E-state index contributed by atoms with van der Waals surface area (Å²) >= 11 is 0. The topological polar surface area (TPSA) is 132 Å². The number of hydrogen-bond acceptors (Lipinski definition) is 6. The quantitative estimate of drug-likeness (QED) is 0.0688. The van der Waals surface area contributed by atoms with Gasteiger partial charge >= 0.3 is 0 Å². The summed E-state index contributed by atoms with van der Waals surface area (Å²) in [6.07, 6.45) is 21.6. The van der Waals surface area contributed by atoms with E-state index in [9.17, 15) is 14.4 Å². The summed E-state index contributed by atoms with van der Waals surface area (Å²) < 4.78 is 6.11. The van der Waals surface area contributed by atoms with Crippen molar-refractivity contribution in [3.8, 4) is 11.5 Å². The Morgan fingerprint density at radius 1 is 0.792 bits per heavy atom. The Morgan fingerprint density at radius 3 is 1.88 bits per heavy atom. The highest BCUT2D eigenvalue weighted by Crippen LogP contribution is 2.33. The lowest BCUT2D eigenvalue weighted by Crippen LogP contribution is -3.05. The zero-order valence-electron chi connectivity index (χ0n) is 29.9. The number of hydrogen-bond donors (Lipinski definition) is 4. The third kappa shape index (κ3) is 12.7. The number of benzene rings is 2. The van der Waals surface area contributed by atoms with E-state index < -0.39 is 11.3 Å². The zero-order valence-corrected chi connectivity index (χ0v) is 30.7. The number of nitrogens with zero attached hydrogens (tertiary/aromatic N) is 1. The normalized spacial score (nSPS) is 11.3. The molecule has 2 aliphatic rings. The molecule has 9 nitrogen and oxygen atoms in total. The smallest absolute Gasteiger partial charge is 0.255 e. The summed E-state index contributed by atoms with van der Waals surface area (Å²) in [6.45, 7) is 5.77. The van der Waals surface area contributed by atoms with Gasteiger partial charge < -0.3 is 38.1 Å². The number of quaternary nitrogens is 1. The number of amides is 2. The molecule has 1 aromatic rings. The van der Waals surface area contributed by atoms with Gasteiger partial charge in [0, 0.05) is 25.1 Å². The molecule has 5 N–H and O–H groups in total. The summed E-state index contributed by atoms with van der Waals surface area (Å²) in [5, 5.41) is 5.89. The number of rotatable bonds is 23. The van der Waals surface area contributed by atoms with E-state index in [0.717, 1.165) is 25.8 Å². The lowest BCUT2D eigenvalue weighted by molar-refractivity contribution is -0.858. The first kappa shape index (κ1) is 41.0. The Hall–Kier alpha value is -3.17. The molecule has 1 aliphatic carbocycles. The molecule has 3 rings (SSSR count). The zero-order chi connectivity index (χ0) is 34.0. The fourth-order valence-electron chi connectivity index (χ4n) is 6.13. The van der Waals surface area contributed by atoms with Crippen LogP contribution in [0.15, 0.2) is 27.4 Å². The molecule has 1 heterocycles. The van der Waals surface area contributed by atoms with E-state index in [1.165, 1.54) is 94.8 Å². The summed E-state index contributed by atoms with van der Waals surface area (Å²) in [6, 6.07) is 5.13. The molecule has 268 valence electrons. The van der Waals surface area contributed by atoms with Gasteiger partial charge in [0.1, 0.15) is 11.2 Å². The van der Waals surface area contributed by atoms with Crippen molar-refractivity contribution < 1.29 is 31.3 Å². The van der Waals surface area contributed by atoms with Crippen molar-refractivity contribution in [2.24, 2.45) is 0 Å². The minimum atomic E-state index is -0.481. The first-order valence-electron chi connectivity index (χ1n) is 18.3. The number of carbonyl (C=O) groups is 2. The summed E-state index contributed by atoms with van der Waals surface area (Å²) in [4.78, 5) is 45.4. The largest absolute Gasteiger partial charge is 1.00 e. The van der Waals surface area contributed by atoms with Crippen LogP contribution in [-0.2, 0) is 0 Å². The Morgan fingerprint density at radius 2 is 1.31 bits per heavy atom. The van der Waals surface area contributed by atoms with Crippen LogP contribution in [-0.4, -0.2) is 50.5 Å². The van der Waals surface area contributed by atoms with Crippen LogP contribution in [0.3, 0.4) is 0 Å². The Labute approximate surface area is 293 Å². The van der Waals surface area contributed by atoms with Crippen LogP contribution in [0.4, 0.5) is 5.69 Å². The first-order chi connectivity index (χ1) is 22.8. The number of anilines is 1. The number of nitrogens with one attached hydrogen (secondary N) is 3. The van der Waals surface area contributed by atoms with E-state index in [0.29, 0.717) is 29.8 Å². The van der Waals surface area contributed by atoms with E-state index in [-0.39, 0.29) is 46.6 Å². The van der Waals surface area contributed by atoms with Crippen molar-refractivity contribution in [3.63, 3.8) is 0 Å². The van der Waals surface area contributed by atoms with E-state index >= 15 is 0 Å². The van der Waals surface area contributed by atoms with Crippen molar-refractivity contribution in [2.45, 2.75) is 123 Å². The highest BCUT2D eigenvalue weighted by molar-refractivity contribution is 6.08. The third-order valence-corrected chi connectivity index (χ3v) is 9.01. The number of para-hydroxylation sites is 1. The minimum absolute atomic E-state index is 0. The Bertz CT molecular complexity index is 1440. The average Bonchev–Trinajstić information content (AvgIpc) is 3.06. The van der Waals surface area contributed by atoms with E-state index in [1.807, 2.05) is 14.1 Å². The number of unbranched alkanes of at least 4 members (excludes halogenated alkanes) is 15. The highest BCUT2D eigenvalue weighted by atomic mass is 35.5. The van der Waals surface area contributed by atoms with Crippen LogP contribution in [0.5, 0.6) is 0 Å². The standard InChI is InChI=1S/C38H59N5O4.ClH/c1-5-6-7-8-9-10-11-12-13-14-15-16-17-18-19-20-25-40-37(45)29-23-21-24-30-33(29)42-34-31(38(46)41-26-22-27-43(3)4)32(39)35(44)28(2)36(34)47-30;/h21,23-24H,5-20,22,25-27,39H2,1-4H3,(H,40,45)(H,41,46);1H. The summed E-state index contributed by atoms with van der Waals surface area (Å²) in [5.74, 6) is -0.530. The molecule has 0 unspecified atom stereocenters. The predicted molar refractivity (Wildman–Crippen MR) is 193 cm³/mol. The highest BCUT2D eigenvalue weighted by Gasteiger charge is 2.28. The number of fused-ring (bicyclic) bond motifs is 2.